The number of aryl methyl sites for hydroxylation is 1. The predicted molar refractivity (Wildman–Crippen MR) is 131 cm³/mol. The third kappa shape index (κ3) is 6.26. The lowest BCUT2D eigenvalue weighted by atomic mass is 10.1. The van der Waals surface area contributed by atoms with E-state index >= 15 is 0 Å². The highest BCUT2D eigenvalue weighted by atomic mass is 32.2. The van der Waals surface area contributed by atoms with Gasteiger partial charge in [0.05, 0.1) is 17.7 Å². The molecule has 0 bridgehead atoms. The molecule has 1 saturated heterocycles. The first kappa shape index (κ1) is 23.6. The van der Waals surface area contributed by atoms with E-state index in [0.717, 1.165) is 36.7 Å². The number of sulfonamides is 1. The van der Waals surface area contributed by atoms with Gasteiger partial charge in [-0.05, 0) is 54.4 Å². The molecule has 0 unspecified atom stereocenters. The minimum atomic E-state index is -3.80. The minimum absolute atomic E-state index is 0.0292. The number of nitrogens with zero attached hydrogens (tertiary/aromatic N) is 1. The lowest BCUT2D eigenvalue weighted by Gasteiger charge is -2.26. The van der Waals surface area contributed by atoms with E-state index in [1.807, 2.05) is 30.0 Å². The quantitative estimate of drug-likeness (QED) is 0.503. The number of benzene rings is 2. The Kier molecular flexibility index (Phi) is 7.54. The molecule has 3 aromatic rings. The maximum absolute atomic E-state index is 13.0. The molecule has 9 heteroatoms. The fourth-order valence-corrected chi connectivity index (χ4v) is 5.64. The van der Waals surface area contributed by atoms with Gasteiger partial charge in [0.2, 0.25) is 10.0 Å². The molecule has 0 aliphatic carbocycles. The Balaban J connectivity index is 1.46. The highest BCUT2D eigenvalue weighted by molar-refractivity contribution is 7.99. The highest BCUT2D eigenvalue weighted by Crippen LogP contribution is 2.20. The lowest BCUT2D eigenvalue weighted by Crippen LogP contribution is -2.31. The first-order valence-corrected chi connectivity index (χ1v) is 13.4. The maximum atomic E-state index is 13.0. The summed E-state index contributed by atoms with van der Waals surface area (Å²) in [6, 6.07) is 15.7. The van der Waals surface area contributed by atoms with Crippen molar-refractivity contribution in [3.8, 4) is 0 Å². The van der Waals surface area contributed by atoms with Crippen molar-refractivity contribution >= 4 is 33.4 Å². The van der Waals surface area contributed by atoms with Crippen LogP contribution in [0.5, 0.6) is 0 Å². The first-order valence-electron chi connectivity index (χ1n) is 10.7. The Morgan fingerprint density at radius 3 is 2.67 bits per heavy atom. The van der Waals surface area contributed by atoms with E-state index in [9.17, 15) is 13.2 Å². The molecule has 2 N–H and O–H groups in total. The van der Waals surface area contributed by atoms with Crippen molar-refractivity contribution in [3.63, 3.8) is 0 Å². The van der Waals surface area contributed by atoms with Gasteiger partial charge in [0.15, 0.2) is 0 Å². The largest absolute Gasteiger partial charge is 0.468 e. The zero-order valence-corrected chi connectivity index (χ0v) is 20.0. The van der Waals surface area contributed by atoms with Crippen LogP contribution in [0.3, 0.4) is 0 Å². The summed E-state index contributed by atoms with van der Waals surface area (Å²) in [4.78, 5) is 15.4. The Morgan fingerprint density at radius 2 is 1.91 bits per heavy atom. The van der Waals surface area contributed by atoms with Gasteiger partial charge in [0.25, 0.3) is 5.91 Å². The van der Waals surface area contributed by atoms with Crippen LogP contribution in [0.25, 0.3) is 0 Å². The number of nitrogens with one attached hydrogen (secondary N) is 2. The summed E-state index contributed by atoms with van der Waals surface area (Å²) in [6.45, 7) is 4.79. The molecule has 0 atom stereocenters. The SMILES string of the molecule is Cc1ccc(S(=O)(=O)NCc2ccco2)cc1C(=O)Nc1cccc(CN2CCSCC2)c1. The first-order chi connectivity index (χ1) is 15.9. The number of furan rings is 1. The van der Waals surface area contributed by atoms with Gasteiger partial charge in [-0.25, -0.2) is 13.1 Å². The molecule has 7 nitrogen and oxygen atoms in total. The van der Waals surface area contributed by atoms with Crippen LogP contribution in [-0.4, -0.2) is 43.8 Å². The molecule has 1 aliphatic rings. The van der Waals surface area contributed by atoms with Crippen LogP contribution in [0.15, 0.2) is 70.2 Å². The van der Waals surface area contributed by atoms with E-state index in [-0.39, 0.29) is 17.3 Å². The van der Waals surface area contributed by atoms with E-state index in [0.29, 0.717) is 22.6 Å². The zero-order chi connectivity index (χ0) is 23.3. The van der Waals surface area contributed by atoms with Crippen LogP contribution in [0, 0.1) is 6.92 Å². The number of thioether (sulfide) groups is 1. The van der Waals surface area contributed by atoms with Crippen molar-refractivity contribution in [1.82, 2.24) is 9.62 Å². The third-order valence-corrected chi connectivity index (χ3v) is 7.82. The van der Waals surface area contributed by atoms with Gasteiger partial charge < -0.3 is 9.73 Å². The van der Waals surface area contributed by atoms with Crippen LogP contribution < -0.4 is 10.0 Å². The molecule has 4 rings (SSSR count). The fourth-order valence-electron chi connectivity index (χ4n) is 3.64. The summed E-state index contributed by atoms with van der Waals surface area (Å²) in [5, 5.41) is 2.92. The van der Waals surface area contributed by atoms with Crippen molar-refractivity contribution in [2.45, 2.75) is 24.9 Å². The van der Waals surface area contributed by atoms with Crippen molar-refractivity contribution in [1.29, 1.82) is 0 Å². The van der Waals surface area contributed by atoms with Crippen LogP contribution in [0.2, 0.25) is 0 Å². The topological polar surface area (TPSA) is 91.6 Å². The van der Waals surface area contributed by atoms with Gasteiger partial charge in [-0.1, -0.05) is 18.2 Å². The number of carbonyl (C=O) groups excluding carboxylic acids is 1. The molecular formula is C24H27N3O4S2. The van der Waals surface area contributed by atoms with E-state index in [4.69, 9.17) is 4.42 Å². The normalized spacial score (nSPS) is 14.8. The van der Waals surface area contributed by atoms with Gasteiger partial charge in [0.1, 0.15) is 5.76 Å². The summed E-state index contributed by atoms with van der Waals surface area (Å²) in [5.74, 6) is 2.45. The lowest BCUT2D eigenvalue weighted by molar-refractivity contribution is 0.102. The Morgan fingerprint density at radius 1 is 1.09 bits per heavy atom. The van der Waals surface area contributed by atoms with Gasteiger partial charge in [0, 0.05) is 42.4 Å². The number of hydrogen-bond donors (Lipinski definition) is 2. The van der Waals surface area contributed by atoms with Gasteiger partial charge >= 0.3 is 0 Å². The second kappa shape index (κ2) is 10.6. The Bertz CT molecular complexity index is 1200. The summed E-state index contributed by atoms with van der Waals surface area (Å²) in [5.41, 5.74) is 2.83. The van der Waals surface area contributed by atoms with E-state index in [1.54, 1.807) is 25.1 Å². The van der Waals surface area contributed by atoms with Crippen molar-refractivity contribution in [3.05, 3.63) is 83.3 Å². The van der Waals surface area contributed by atoms with E-state index in [2.05, 4.69) is 21.0 Å². The molecule has 33 heavy (non-hydrogen) atoms. The molecule has 1 aliphatic heterocycles. The number of carbonyl (C=O) groups is 1. The zero-order valence-electron chi connectivity index (χ0n) is 18.4. The molecule has 2 heterocycles. The van der Waals surface area contributed by atoms with Crippen LogP contribution >= 0.6 is 11.8 Å². The predicted octanol–water partition coefficient (Wildman–Crippen LogP) is 3.87. The monoisotopic (exact) mass is 485 g/mol. The van der Waals surface area contributed by atoms with Crippen LogP contribution in [0.4, 0.5) is 5.69 Å². The third-order valence-electron chi connectivity index (χ3n) is 5.48. The molecule has 174 valence electrons. The average molecular weight is 486 g/mol. The fraction of sp³-hybridized carbons (Fsp3) is 0.292. The number of amides is 1. The smallest absolute Gasteiger partial charge is 0.255 e. The van der Waals surface area contributed by atoms with Crippen molar-refractivity contribution < 1.29 is 17.6 Å². The molecule has 0 spiro atoms. The minimum Gasteiger partial charge on any atom is -0.468 e. The standard InChI is InChI=1S/C24H27N3O4S2/c1-18-7-8-22(33(29,30)25-16-21-6-3-11-31-21)15-23(18)24(28)26-20-5-2-4-19(14-20)17-27-9-12-32-13-10-27/h2-8,11,14-15,25H,9-10,12-13,16-17H2,1H3,(H,26,28). The summed E-state index contributed by atoms with van der Waals surface area (Å²) >= 11 is 1.97. The van der Waals surface area contributed by atoms with E-state index in [1.165, 1.54) is 18.4 Å². The average Bonchev–Trinajstić information content (AvgIpc) is 3.33. The molecule has 0 saturated carbocycles. The number of rotatable bonds is 8. The molecule has 1 aromatic heterocycles. The van der Waals surface area contributed by atoms with Gasteiger partial charge in [-0.2, -0.15) is 11.8 Å². The maximum Gasteiger partial charge on any atom is 0.255 e. The Labute approximate surface area is 198 Å². The van der Waals surface area contributed by atoms with Crippen molar-refractivity contribution in [2.75, 3.05) is 29.9 Å². The van der Waals surface area contributed by atoms with Crippen LogP contribution in [0.1, 0.15) is 27.2 Å². The molecule has 0 radical (unpaired) electrons. The van der Waals surface area contributed by atoms with Gasteiger partial charge in [-0.3, -0.25) is 9.69 Å². The summed E-state index contributed by atoms with van der Waals surface area (Å²) < 4.78 is 33.1. The van der Waals surface area contributed by atoms with E-state index < -0.39 is 10.0 Å². The number of hydrogen-bond acceptors (Lipinski definition) is 6. The van der Waals surface area contributed by atoms with Crippen molar-refractivity contribution in [2.24, 2.45) is 0 Å². The van der Waals surface area contributed by atoms with Gasteiger partial charge in [-0.15, -0.1) is 0 Å². The second-order valence-electron chi connectivity index (χ2n) is 7.92. The summed E-state index contributed by atoms with van der Waals surface area (Å²) in [6.07, 6.45) is 1.48. The molecule has 1 amide bonds. The Hall–Kier alpha value is -2.59. The summed E-state index contributed by atoms with van der Waals surface area (Å²) in [7, 11) is -3.80. The molecule has 2 aromatic carbocycles. The number of anilines is 1. The molecular weight excluding hydrogens is 458 g/mol. The second-order valence-corrected chi connectivity index (χ2v) is 10.9. The molecule has 1 fully saturated rings. The van der Waals surface area contributed by atoms with Crippen LogP contribution in [-0.2, 0) is 23.1 Å². The highest BCUT2D eigenvalue weighted by Gasteiger charge is 2.19.